The summed E-state index contributed by atoms with van der Waals surface area (Å²) in [4.78, 5) is 26.6. The molecule has 1 N–H and O–H groups in total. The molecular weight excluding hydrogens is 328 g/mol. The minimum atomic E-state index is -3.57. The summed E-state index contributed by atoms with van der Waals surface area (Å²) < 4.78 is 26.5. The van der Waals surface area contributed by atoms with Crippen molar-refractivity contribution in [2.24, 2.45) is 11.8 Å². The number of benzene rings is 1. The van der Waals surface area contributed by atoms with Crippen LogP contribution in [-0.4, -0.2) is 32.2 Å². The number of amides is 2. The molecule has 1 heterocycles. The third kappa shape index (κ3) is 2.86. The standard InChI is InChI=1S/C17H22N2O4S/c1-11-7-8-12(9-15(11)24(22,23)18-2)10-19-16(20)13-5-3-4-6-14(13)17(19)21/h7-9,13-14,18H,3-6,10H2,1-2H3/t13-,14-/m1/s1. The van der Waals surface area contributed by atoms with E-state index >= 15 is 0 Å². The lowest BCUT2D eigenvalue weighted by Crippen LogP contribution is -2.30. The van der Waals surface area contributed by atoms with E-state index in [1.54, 1.807) is 25.1 Å². The van der Waals surface area contributed by atoms with Crippen molar-refractivity contribution < 1.29 is 18.0 Å². The second kappa shape index (κ2) is 6.29. The molecule has 1 aliphatic heterocycles. The minimum Gasteiger partial charge on any atom is -0.278 e. The number of fused-ring (bicyclic) bond motifs is 1. The molecule has 1 saturated heterocycles. The highest BCUT2D eigenvalue weighted by Crippen LogP contribution is 2.38. The predicted octanol–water partition coefficient (Wildman–Crippen LogP) is 1.58. The average Bonchev–Trinajstić information content (AvgIpc) is 2.82. The highest BCUT2D eigenvalue weighted by molar-refractivity contribution is 7.89. The normalized spacial score (nSPS) is 24.3. The van der Waals surface area contributed by atoms with Crippen LogP contribution in [0.3, 0.4) is 0 Å². The summed E-state index contributed by atoms with van der Waals surface area (Å²) in [7, 11) is -2.21. The fraction of sp³-hybridized carbons (Fsp3) is 0.529. The van der Waals surface area contributed by atoms with Gasteiger partial charge in [-0.25, -0.2) is 13.1 Å². The molecule has 7 heteroatoms. The SMILES string of the molecule is CNS(=O)(=O)c1cc(CN2C(=O)[C@@H]3CCCC[C@H]3C2=O)ccc1C. The van der Waals surface area contributed by atoms with Gasteiger partial charge in [-0.3, -0.25) is 14.5 Å². The molecule has 2 amide bonds. The molecule has 24 heavy (non-hydrogen) atoms. The molecule has 2 atom stereocenters. The lowest BCUT2D eigenvalue weighted by Gasteiger charge is -2.19. The second-order valence-electron chi connectivity index (χ2n) is 6.57. The van der Waals surface area contributed by atoms with Crippen molar-refractivity contribution in [3.63, 3.8) is 0 Å². The monoisotopic (exact) mass is 350 g/mol. The third-order valence-corrected chi connectivity index (χ3v) is 6.64. The molecule has 6 nitrogen and oxygen atoms in total. The van der Waals surface area contributed by atoms with Gasteiger partial charge in [0.05, 0.1) is 23.3 Å². The molecule has 130 valence electrons. The number of aryl methyl sites for hydroxylation is 1. The van der Waals surface area contributed by atoms with Crippen molar-refractivity contribution in [1.29, 1.82) is 0 Å². The van der Waals surface area contributed by atoms with Gasteiger partial charge in [-0.05, 0) is 44.0 Å². The highest BCUT2D eigenvalue weighted by atomic mass is 32.2. The largest absolute Gasteiger partial charge is 0.278 e. The van der Waals surface area contributed by atoms with Gasteiger partial charge in [0.25, 0.3) is 0 Å². The molecule has 1 aromatic rings. The van der Waals surface area contributed by atoms with Crippen molar-refractivity contribution >= 4 is 21.8 Å². The van der Waals surface area contributed by atoms with E-state index in [2.05, 4.69) is 4.72 Å². The first-order valence-electron chi connectivity index (χ1n) is 8.23. The number of imide groups is 1. The molecule has 1 aromatic carbocycles. The number of likely N-dealkylation sites (tertiary alicyclic amines) is 1. The van der Waals surface area contributed by atoms with Crippen LogP contribution in [0.1, 0.15) is 36.8 Å². The van der Waals surface area contributed by atoms with Gasteiger partial charge in [-0.15, -0.1) is 0 Å². The van der Waals surface area contributed by atoms with Gasteiger partial charge < -0.3 is 0 Å². The molecule has 0 bridgehead atoms. The van der Waals surface area contributed by atoms with Gasteiger partial charge in [-0.2, -0.15) is 0 Å². The Morgan fingerprint density at radius 3 is 2.25 bits per heavy atom. The lowest BCUT2D eigenvalue weighted by atomic mass is 9.81. The van der Waals surface area contributed by atoms with Gasteiger partial charge in [0.15, 0.2) is 0 Å². The van der Waals surface area contributed by atoms with E-state index in [0.29, 0.717) is 11.1 Å². The number of nitrogens with zero attached hydrogens (tertiary/aromatic N) is 1. The zero-order valence-electron chi connectivity index (χ0n) is 13.9. The van der Waals surface area contributed by atoms with Crippen LogP contribution in [0.4, 0.5) is 0 Å². The lowest BCUT2D eigenvalue weighted by molar-refractivity contribution is -0.140. The van der Waals surface area contributed by atoms with E-state index in [-0.39, 0.29) is 35.1 Å². The van der Waals surface area contributed by atoms with Crippen LogP contribution < -0.4 is 4.72 Å². The quantitative estimate of drug-likeness (QED) is 0.836. The molecule has 0 aromatic heterocycles. The van der Waals surface area contributed by atoms with Gasteiger partial charge in [-0.1, -0.05) is 25.0 Å². The number of carbonyl (C=O) groups excluding carboxylic acids is 2. The molecule has 3 rings (SSSR count). The van der Waals surface area contributed by atoms with Gasteiger partial charge in [0.1, 0.15) is 0 Å². The Morgan fingerprint density at radius 2 is 1.71 bits per heavy atom. The first kappa shape index (κ1) is 17.1. The number of hydrogen-bond donors (Lipinski definition) is 1. The maximum absolute atomic E-state index is 12.5. The summed E-state index contributed by atoms with van der Waals surface area (Å²) in [5, 5.41) is 0. The van der Waals surface area contributed by atoms with E-state index in [0.717, 1.165) is 25.7 Å². The Kier molecular flexibility index (Phi) is 4.48. The molecule has 2 fully saturated rings. The van der Waals surface area contributed by atoms with Gasteiger partial charge >= 0.3 is 0 Å². The van der Waals surface area contributed by atoms with Crippen molar-refractivity contribution in [2.45, 2.75) is 44.0 Å². The molecule has 1 aliphatic carbocycles. The Morgan fingerprint density at radius 1 is 1.12 bits per heavy atom. The molecular formula is C17H22N2O4S. The summed E-state index contributed by atoms with van der Waals surface area (Å²) in [6, 6.07) is 5.02. The van der Waals surface area contributed by atoms with E-state index < -0.39 is 10.0 Å². The van der Waals surface area contributed by atoms with Crippen LogP contribution in [0, 0.1) is 18.8 Å². The molecule has 1 saturated carbocycles. The fourth-order valence-electron chi connectivity index (χ4n) is 3.71. The zero-order chi connectivity index (χ0) is 17.5. The first-order valence-corrected chi connectivity index (χ1v) is 9.72. The number of rotatable bonds is 4. The Hall–Kier alpha value is -1.73. The fourth-order valence-corrected chi connectivity index (χ4v) is 4.73. The van der Waals surface area contributed by atoms with Crippen LogP contribution in [0.5, 0.6) is 0 Å². The number of nitrogens with one attached hydrogen (secondary N) is 1. The number of carbonyl (C=O) groups is 2. The van der Waals surface area contributed by atoms with Crippen molar-refractivity contribution in [1.82, 2.24) is 9.62 Å². The summed E-state index contributed by atoms with van der Waals surface area (Å²) in [6.07, 6.45) is 3.53. The first-order chi connectivity index (χ1) is 11.3. The van der Waals surface area contributed by atoms with Gasteiger partial charge in [0, 0.05) is 0 Å². The summed E-state index contributed by atoms with van der Waals surface area (Å²) in [5.74, 6) is -0.582. The smallest absolute Gasteiger partial charge is 0.240 e. The van der Waals surface area contributed by atoms with E-state index in [1.165, 1.54) is 11.9 Å². The molecule has 0 spiro atoms. The van der Waals surface area contributed by atoms with Crippen LogP contribution in [0.2, 0.25) is 0 Å². The van der Waals surface area contributed by atoms with Crippen molar-refractivity contribution in [3.05, 3.63) is 29.3 Å². The zero-order valence-corrected chi connectivity index (χ0v) is 14.7. The van der Waals surface area contributed by atoms with Gasteiger partial charge in [0.2, 0.25) is 21.8 Å². The third-order valence-electron chi connectivity index (χ3n) is 5.08. The van der Waals surface area contributed by atoms with Crippen LogP contribution in [0.25, 0.3) is 0 Å². The summed E-state index contributed by atoms with van der Waals surface area (Å²) >= 11 is 0. The van der Waals surface area contributed by atoms with E-state index in [1.807, 2.05) is 0 Å². The minimum absolute atomic E-state index is 0.108. The molecule has 0 unspecified atom stereocenters. The predicted molar refractivity (Wildman–Crippen MR) is 88.4 cm³/mol. The summed E-state index contributed by atoms with van der Waals surface area (Å²) in [5.41, 5.74) is 1.27. The number of sulfonamides is 1. The Labute approximate surface area is 142 Å². The van der Waals surface area contributed by atoms with Crippen LogP contribution in [-0.2, 0) is 26.2 Å². The Bertz CT molecular complexity index is 764. The molecule has 0 radical (unpaired) electrons. The van der Waals surface area contributed by atoms with Crippen LogP contribution >= 0.6 is 0 Å². The highest BCUT2D eigenvalue weighted by Gasteiger charge is 2.47. The van der Waals surface area contributed by atoms with Crippen molar-refractivity contribution in [3.8, 4) is 0 Å². The maximum Gasteiger partial charge on any atom is 0.240 e. The summed E-state index contributed by atoms with van der Waals surface area (Å²) in [6.45, 7) is 1.85. The number of hydrogen-bond acceptors (Lipinski definition) is 4. The topological polar surface area (TPSA) is 83.6 Å². The molecule has 2 aliphatic rings. The Balaban J connectivity index is 1.88. The van der Waals surface area contributed by atoms with Crippen LogP contribution in [0.15, 0.2) is 23.1 Å². The second-order valence-corrected chi connectivity index (χ2v) is 8.42. The van der Waals surface area contributed by atoms with E-state index in [4.69, 9.17) is 0 Å². The van der Waals surface area contributed by atoms with Crippen molar-refractivity contribution in [2.75, 3.05) is 7.05 Å². The average molecular weight is 350 g/mol. The maximum atomic E-state index is 12.5. The van der Waals surface area contributed by atoms with E-state index in [9.17, 15) is 18.0 Å².